The van der Waals surface area contributed by atoms with Crippen LogP contribution in [-0.4, -0.2) is 48.3 Å². The van der Waals surface area contributed by atoms with Gasteiger partial charge in [0.05, 0.1) is 19.1 Å². The summed E-state index contributed by atoms with van der Waals surface area (Å²) >= 11 is 3.29. The summed E-state index contributed by atoms with van der Waals surface area (Å²) < 4.78 is 10.4. The number of ketones is 1. The molecule has 0 aliphatic carbocycles. The van der Waals surface area contributed by atoms with E-state index < -0.39 is 18.5 Å². The monoisotopic (exact) mass is 447 g/mol. The minimum atomic E-state index is -0.690. The van der Waals surface area contributed by atoms with Gasteiger partial charge in [0.15, 0.2) is 12.4 Å². The Kier molecular flexibility index (Phi) is 6.08. The molecule has 8 heteroatoms. The lowest BCUT2D eigenvalue weighted by Gasteiger charge is -2.43. The number of benzene rings is 1. The summed E-state index contributed by atoms with van der Waals surface area (Å²) in [5.74, 6) is -1.97. The van der Waals surface area contributed by atoms with Gasteiger partial charge >= 0.3 is 11.9 Å². The zero-order valence-corrected chi connectivity index (χ0v) is 16.7. The number of allylic oxidation sites excluding steroid dienone is 1. The molecule has 0 radical (unpaired) electrons. The highest BCUT2D eigenvalue weighted by Crippen LogP contribution is 2.40. The fourth-order valence-corrected chi connectivity index (χ4v) is 3.51. The zero-order valence-electron chi connectivity index (χ0n) is 15.1. The number of Topliss-reactive ketones (excluding diaryl/α,β-unsaturated/α-hetero) is 1. The third-order valence-electron chi connectivity index (χ3n) is 4.72. The first-order valence-corrected chi connectivity index (χ1v) is 9.45. The van der Waals surface area contributed by atoms with E-state index in [2.05, 4.69) is 20.7 Å². The van der Waals surface area contributed by atoms with Crippen LogP contribution >= 0.6 is 15.9 Å². The summed E-state index contributed by atoms with van der Waals surface area (Å²) in [4.78, 5) is 49.3. The van der Waals surface area contributed by atoms with Crippen LogP contribution in [0.1, 0.15) is 23.2 Å². The molecular formula is C20H18BrNO6. The first-order chi connectivity index (χ1) is 13.4. The number of ether oxygens (including phenoxy) is 2. The fourth-order valence-electron chi connectivity index (χ4n) is 3.24. The number of β-lactam (4-membered cyclic amide) rings is 1. The van der Waals surface area contributed by atoms with Gasteiger partial charge in [-0.15, -0.1) is 0 Å². The van der Waals surface area contributed by atoms with E-state index in [1.165, 1.54) is 18.1 Å². The molecule has 2 aliphatic rings. The Balaban J connectivity index is 1.52. The summed E-state index contributed by atoms with van der Waals surface area (Å²) in [6, 6.07) is 6.60. The van der Waals surface area contributed by atoms with E-state index in [1.807, 2.05) is 0 Å². The molecule has 1 amide bonds. The molecule has 0 bridgehead atoms. The predicted octanol–water partition coefficient (Wildman–Crippen LogP) is 2.41. The molecule has 1 aromatic carbocycles. The molecule has 0 spiro atoms. The Hall–Kier alpha value is -2.74. The van der Waals surface area contributed by atoms with Crippen LogP contribution < -0.4 is 0 Å². The Morgan fingerprint density at radius 2 is 1.96 bits per heavy atom. The maximum Gasteiger partial charge on any atom is 0.355 e. The van der Waals surface area contributed by atoms with Crippen molar-refractivity contribution in [2.24, 2.45) is 5.92 Å². The number of amides is 1. The second-order valence-electron chi connectivity index (χ2n) is 6.37. The number of rotatable bonds is 7. The molecule has 146 valence electrons. The number of hydrogen-bond donors (Lipinski definition) is 0. The van der Waals surface area contributed by atoms with E-state index in [1.54, 1.807) is 36.4 Å². The normalized spacial score (nSPS) is 20.4. The lowest BCUT2D eigenvalue weighted by Crippen LogP contribution is -2.58. The van der Waals surface area contributed by atoms with Crippen LogP contribution in [0.15, 0.2) is 52.7 Å². The lowest BCUT2D eigenvalue weighted by molar-refractivity contribution is -0.156. The number of fused-ring (bicyclic) bond motifs is 1. The van der Waals surface area contributed by atoms with Crippen molar-refractivity contribution < 1.29 is 28.7 Å². The molecule has 2 atom stereocenters. The molecule has 1 fully saturated rings. The molecule has 1 aromatic rings. The molecule has 2 heterocycles. The lowest BCUT2D eigenvalue weighted by atomic mass is 9.85. The van der Waals surface area contributed by atoms with Crippen LogP contribution in [0.2, 0.25) is 0 Å². The molecular weight excluding hydrogens is 430 g/mol. The first kappa shape index (κ1) is 20.0. The van der Waals surface area contributed by atoms with Gasteiger partial charge in [-0.3, -0.25) is 9.59 Å². The number of nitrogens with zero attached hydrogens (tertiary/aromatic N) is 1. The topological polar surface area (TPSA) is 90.0 Å². The minimum absolute atomic E-state index is 0.125. The average Bonchev–Trinajstić information content (AvgIpc) is 3.09. The highest BCUT2D eigenvalue weighted by molar-refractivity contribution is 9.10. The second kappa shape index (κ2) is 8.52. The van der Waals surface area contributed by atoms with Gasteiger partial charge in [-0.2, -0.15) is 0 Å². The number of carbonyl (C=O) groups excluding carboxylic acids is 4. The summed E-state index contributed by atoms with van der Waals surface area (Å²) in [6.07, 6.45) is 5.46. The van der Waals surface area contributed by atoms with Gasteiger partial charge in [0.25, 0.3) is 0 Å². The van der Waals surface area contributed by atoms with Gasteiger partial charge in [-0.1, -0.05) is 40.2 Å². The van der Waals surface area contributed by atoms with Crippen molar-refractivity contribution in [2.45, 2.75) is 18.9 Å². The fraction of sp³-hybridized carbons (Fsp3) is 0.300. The molecule has 3 rings (SSSR count). The third kappa shape index (κ3) is 4.06. The Bertz CT molecular complexity index is 873. The number of carbonyl (C=O) groups is 4. The van der Waals surface area contributed by atoms with E-state index in [4.69, 9.17) is 4.74 Å². The standard InChI is InChI=1S/C20H18BrNO6/c1-27-18(24)4-2-3-14-15-9-10-16(22(15)19(14)25)20(26)28-11-17(23)12-5-7-13(21)8-6-12/h2,4-8,10,14-15H,3,9,11H2,1H3. The van der Waals surface area contributed by atoms with E-state index in [0.717, 1.165) is 4.47 Å². The van der Waals surface area contributed by atoms with E-state index in [-0.39, 0.29) is 29.3 Å². The zero-order chi connectivity index (χ0) is 20.3. The highest BCUT2D eigenvalue weighted by Gasteiger charge is 2.52. The molecule has 1 saturated heterocycles. The van der Waals surface area contributed by atoms with E-state index >= 15 is 0 Å². The molecule has 2 unspecified atom stereocenters. The van der Waals surface area contributed by atoms with Crippen LogP contribution in [0.4, 0.5) is 0 Å². The van der Waals surface area contributed by atoms with E-state index in [9.17, 15) is 19.2 Å². The van der Waals surface area contributed by atoms with Gasteiger partial charge in [-0.25, -0.2) is 9.59 Å². The second-order valence-corrected chi connectivity index (χ2v) is 7.29. The van der Waals surface area contributed by atoms with Crippen molar-refractivity contribution in [3.05, 3.63) is 58.2 Å². The minimum Gasteiger partial charge on any atom is -0.466 e. The van der Waals surface area contributed by atoms with Crippen molar-refractivity contribution in [1.29, 1.82) is 0 Å². The van der Waals surface area contributed by atoms with Crippen LogP contribution in [0.3, 0.4) is 0 Å². The van der Waals surface area contributed by atoms with Crippen molar-refractivity contribution >= 4 is 39.6 Å². The number of methoxy groups -OCH3 is 1. The summed E-state index contributed by atoms with van der Waals surface area (Å²) in [5.41, 5.74) is 0.610. The third-order valence-corrected chi connectivity index (χ3v) is 5.25. The molecule has 28 heavy (non-hydrogen) atoms. The SMILES string of the molecule is COC(=O)C=CCC1C(=O)N2C(C(=O)OCC(=O)c3ccc(Br)cc3)=CCC12. The Labute approximate surface area is 170 Å². The summed E-state index contributed by atoms with van der Waals surface area (Å²) in [7, 11) is 1.28. The summed E-state index contributed by atoms with van der Waals surface area (Å²) in [5, 5.41) is 0. The number of halogens is 1. The predicted molar refractivity (Wildman–Crippen MR) is 102 cm³/mol. The van der Waals surface area contributed by atoms with Gasteiger partial charge in [0, 0.05) is 16.1 Å². The maximum absolute atomic E-state index is 12.4. The number of hydrogen-bond acceptors (Lipinski definition) is 6. The van der Waals surface area contributed by atoms with Crippen molar-refractivity contribution in [1.82, 2.24) is 4.90 Å². The number of esters is 2. The van der Waals surface area contributed by atoms with Gasteiger partial charge in [0.2, 0.25) is 5.91 Å². The van der Waals surface area contributed by atoms with Crippen LogP contribution in [0.25, 0.3) is 0 Å². The summed E-state index contributed by atoms with van der Waals surface area (Å²) in [6.45, 7) is -0.393. The van der Waals surface area contributed by atoms with Crippen LogP contribution in [0, 0.1) is 5.92 Å². The van der Waals surface area contributed by atoms with Gasteiger partial charge in [0.1, 0.15) is 5.70 Å². The average molecular weight is 448 g/mol. The smallest absolute Gasteiger partial charge is 0.355 e. The Morgan fingerprint density at radius 3 is 2.64 bits per heavy atom. The van der Waals surface area contributed by atoms with E-state index in [0.29, 0.717) is 18.4 Å². The highest BCUT2D eigenvalue weighted by atomic mass is 79.9. The molecule has 0 saturated carbocycles. The van der Waals surface area contributed by atoms with Crippen molar-refractivity contribution in [3.8, 4) is 0 Å². The quantitative estimate of drug-likeness (QED) is 0.276. The molecule has 0 N–H and O–H groups in total. The first-order valence-electron chi connectivity index (χ1n) is 8.66. The van der Waals surface area contributed by atoms with Gasteiger partial charge < -0.3 is 14.4 Å². The molecule has 2 aliphatic heterocycles. The van der Waals surface area contributed by atoms with Crippen LogP contribution in [-0.2, 0) is 23.9 Å². The van der Waals surface area contributed by atoms with Gasteiger partial charge in [-0.05, 0) is 25.0 Å². The van der Waals surface area contributed by atoms with Crippen LogP contribution in [0.5, 0.6) is 0 Å². The largest absolute Gasteiger partial charge is 0.466 e. The maximum atomic E-state index is 12.4. The Morgan fingerprint density at radius 1 is 1.25 bits per heavy atom. The van der Waals surface area contributed by atoms with Crippen molar-refractivity contribution in [3.63, 3.8) is 0 Å². The molecule has 0 aromatic heterocycles. The van der Waals surface area contributed by atoms with Crippen molar-refractivity contribution in [2.75, 3.05) is 13.7 Å². The molecule has 7 nitrogen and oxygen atoms in total.